The van der Waals surface area contributed by atoms with Gasteiger partial charge in [0.25, 0.3) is 0 Å². The lowest BCUT2D eigenvalue weighted by Gasteiger charge is -2.24. The average Bonchev–Trinajstić information content (AvgIpc) is 2.16. The SMILES string of the molecule is CC(C)(CCO)CNc1ncncc1Br. The van der Waals surface area contributed by atoms with Gasteiger partial charge in [0.05, 0.1) is 4.47 Å². The Bertz CT molecular complexity index is 317. The van der Waals surface area contributed by atoms with E-state index in [4.69, 9.17) is 5.11 Å². The number of rotatable bonds is 5. The van der Waals surface area contributed by atoms with Crippen LogP contribution in [0.25, 0.3) is 0 Å². The van der Waals surface area contributed by atoms with E-state index in [1.54, 1.807) is 6.20 Å². The molecule has 1 aromatic rings. The second-order valence-electron chi connectivity index (χ2n) is 4.21. The van der Waals surface area contributed by atoms with Crippen LogP contribution < -0.4 is 5.32 Å². The topological polar surface area (TPSA) is 58.0 Å². The first kappa shape index (κ1) is 12.4. The summed E-state index contributed by atoms with van der Waals surface area (Å²) in [7, 11) is 0. The molecule has 5 heteroatoms. The van der Waals surface area contributed by atoms with Gasteiger partial charge in [-0.15, -0.1) is 0 Å². The monoisotopic (exact) mass is 273 g/mol. The number of halogens is 1. The van der Waals surface area contributed by atoms with E-state index in [-0.39, 0.29) is 12.0 Å². The van der Waals surface area contributed by atoms with E-state index in [0.717, 1.165) is 23.3 Å². The van der Waals surface area contributed by atoms with Crippen LogP contribution in [0.4, 0.5) is 5.82 Å². The molecule has 1 rings (SSSR count). The van der Waals surface area contributed by atoms with Crippen molar-refractivity contribution in [3.63, 3.8) is 0 Å². The Kier molecular flexibility index (Phi) is 4.47. The molecule has 0 atom stereocenters. The molecule has 84 valence electrons. The van der Waals surface area contributed by atoms with Gasteiger partial charge in [-0.1, -0.05) is 13.8 Å². The van der Waals surface area contributed by atoms with Gasteiger partial charge in [-0.05, 0) is 27.8 Å². The van der Waals surface area contributed by atoms with Gasteiger partial charge >= 0.3 is 0 Å². The Morgan fingerprint density at radius 2 is 2.27 bits per heavy atom. The Hall–Kier alpha value is -0.680. The quantitative estimate of drug-likeness (QED) is 0.862. The van der Waals surface area contributed by atoms with Crippen LogP contribution >= 0.6 is 15.9 Å². The maximum absolute atomic E-state index is 8.89. The fourth-order valence-electron chi connectivity index (χ4n) is 1.16. The van der Waals surface area contributed by atoms with Gasteiger partial charge in [-0.3, -0.25) is 0 Å². The van der Waals surface area contributed by atoms with Crippen molar-refractivity contribution in [3.8, 4) is 0 Å². The normalized spacial score (nSPS) is 11.5. The first-order chi connectivity index (χ1) is 7.05. The van der Waals surface area contributed by atoms with Gasteiger partial charge < -0.3 is 10.4 Å². The Labute approximate surface area is 98.3 Å². The van der Waals surface area contributed by atoms with E-state index >= 15 is 0 Å². The molecule has 0 aliphatic heterocycles. The van der Waals surface area contributed by atoms with E-state index in [9.17, 15) is 0 Å². The van der Waals surface area contributed by atoms with Crippen molar-refractivity contribution < 1.29 is 5.11 Å². The molecule has 0 amide bonds. The largest absolute Gasteiger partial charge is 0.396 e. The second-order valence-corrected chi connectivity index (χ2v) is 5.06. The van der Waals surface area contributed by atoms with Crippen LogP contribution in [0.1, 0.15) is 20.3 Å². The molecule has 0 radical (unpaired) electrons. The summed E-state index contributed by atoms with van der Waals surface area (Å²) in [6, 6.07) is 0. The highest BCUT2D eigenvalue weighted by molar-refractivity contribution is 9.10. The van der Waals surface area contributed by atoms with E-state index in [2.05, 4.69) is 45.1 Å². The fraction of sp³-hybridized carbons (Fsp3) is 0.600. The van der Waals surface area contributed by atoms with Crippen LogP contribution in [0.3, 0.4) is 0 Å². The molecule has 0 aliphatic rings. The molecule has 0 saturated heterocycles. The zero-order valence-electron chi connectivity index (χ0n) is 9.00. The molecule has 0 bridgehead atoms. The van der Waals surface area contributed by atoms with Gasteiger partial charge in [0.15, 0.2) is 0 Å². The van der Waals surface area contributed by atoms with Crippen molar-refractivity contribution in [2.45, 2.75) is 20.3 Å². The maximum Gasteiger partial charge on any atom is 0.143 e. The van der Waals surface area contributed by atoms with Crippen molar-refractivity contribution in [1.82, 2.24) is 9.97 Å². The smallest absolute Gasteiger partial charge is 0.143 e. The van der Waals surface area contributed by atoms with Crippen molar-refractivity contribution in [3.05, 3.63) is 17.0 Å². The first-order valence-electron chi connectivity index (χ1n) is 4.85. The van der Waals surface area contributed by atoms with Crippen LogP contribution in [0.5, 0.6) is 0 Å². The van der Waals surface area contributed by atoms with Crippen LogP contribution in [-0.4, -0.2) is 28.2 Å². The van der Waals surface area contributed by atoms with Crippen molar-refractivity contribution in [2.75, 3.05) is 18.5 Å². The van der Waals surface area contributed by atoms with Gasteiger partial charge in [-0.2, -0.15) is 0 Å². The predicted octanol–water partition coefficient (Wildman–Crippen LogP) is 2.06. The van der Waals surface area contributed by atoms with E-state index in [1.165, 1.54) is 6.33 Å². The Morgan fingerprint density at radius 1 is 1.53 bits per heavy atom. The number of aliphatic hydroxyl groups is 1. The maximum atomic E-state index is 8.89. The zero-order chi connectivity index (χ0) is 11.3. The molecule has 4 nitrogen and oxygen atoms in total. The molecular weight excluding hydrogens is 258 g/mol. The minimum Gasteiger partial charge on any atom is -0.396 e. The molecule has 1 aromatic heterocycles. The third kappa shape index (κ3) is 4.13. The molecule has 0 unspecified atom stereocenters. The van der Waals surface area contributed by atoms with Gasteiger partial charge in [-0.25, -0.2) is 9.97 Å². The highest BCUT2D eigenvalue weighted by Gasteiger charge is 2.17. The molecule has 0 aliphatic carbocycles. The minimum atomic E-state index is 0.0547. The summed E-state index contributed by atoms with van der Waals surface area (Å²) >= 11 is 3.37. The average molecular weight is 274 g/mol. The molecular formula is C10H16BrN3O. The summed E-state index contributed by atoms with van der Waals surface area (Å²) in [4.78, 5) is 8.00. The van der Waals surface area contributed by atoms with E-state index in [0.29, 0.717) is 0 Å². The lowest BCUT2D eigenvalue weighted by molar-refractivity contribution is 0.220. The highest BCUT2D eigenvalue weighted by atomic mass is 79.9. The number of hydrogen-bond donors (Lipinski definition) is 2. The first-order valence-corrected chi connectivity index (χ1v) is 5.65. The van der Waals surface area contributed by atoms with E-state index in [1.807, 2.05) is 0 Å². The molecule has 2 N–H and O–H groups in total. The number of aromatic nitrogens is 2. The molecule has 0 aromatic carbocycles. The predicted molar refractivity (Wildman–Crippen MR) is 63.7 cm³/mol. The Balaban J connectivity index is 2.53. The molecule has 0 saturated carbocycles. The number of hydrogen-bond acceptors (Lipinski definition) is 4. The van der Waals surface area contributed by atoms with Crippen LogP contribution in [0.15, 0.2) is 17.0 Å². The van der Waals surface area contributed by atoms with Crippen molar-refractivity contribution in [1.29, 1.82) is 0 Å². The lowest BCUT2D eigenvalue weighted by Crippen LogP contribution is -2.24. The number of anilines is 1. The highest BCUT2D eigenvalue weighted by Crippen LogP contribution is 2.23. The van der Waals surface area contributed by atoms with Crippen LogP contribution in [0.2, 0.25) is 0 Å². The lowest BCUT2D eigenvalue weighted by atomic mass is 9.90. The summed E-state index contributed by atoms with van der Waals surface area (Å²) in [6.45, 7) is 5.18. The van der Waals surface area contributed by atoms with Crippen LogP contribution in [0, 0.1) is 5.41 Å². The minimum absolute atomic E-state index is 0.0547. The van der Waals surface area contributed by atoms with Gasteiger partial charge in [0.1, 0.15) is 12.1 Å². The van der Waals surface area contributed by atoms with Crippen molar-refractivity contribution in [2.24, 2.45) is 5.41 Å². The third-order valence-corrected chi connectivity index (χ3v) is 2.77. The summed E-state index contributed by atoms with van der Waals surface area (Å²) in [6.07, 6.45) is 3.98. The van der Waals surface area contributed by atoms with Gasteiger partial charge in [0.2, 0.25) is 0 Å². The summed E-state index contributed by atoms with van der Waals surface area (Å²) in [5, 5.41) is 12.1. The number of nitrogens with one attached hydrogen (secondary N) is 1. The van der Waals surface area contributed by atoms with Crippen LogP contribution in [-0.2, 0) is 0 Å². The third-order valence-electron chi connectivity index (χ3n) is 2.19. The molecule has 0 spiro atoms. The summed E-state index contributed by atoms with van der Waals surface area (Å²) < 4.78 is 0.852. The zero-order valence-corrected chi connectivity index (χ0v) is 10.6. The standard InChI is InChI=1S/C10H16BrN3O/c1-10(2,3-4-15)6-13-9-8(11)5-12-7-14-9/h5,7,15H,3-4,6H2,1-2H3,(H,12,13,14). The second kappa shape index (κ2) is 5.42. The van der Waals surface area contributed by atoms with Gasteiger partial charge in [0, 0.05) is 19.3 Å². The Morgan fingerprint density at radius 3 is 2.87 bits per heavy atom. The van der Waals surface area contributed by atoms with Crippen molar-refractivity contribution >= 4 is 21.7 Å². The summed E-state index contributed by atoms with van der Waals surface area (Å²) in [5.41, 5.74) is 0.0547. The number of nitrogens with zero attached hydrogens (tertiary/aromatic N) is 2. The fourth-order valence-corrected chi connectivity index (χ4v) is 1.52. The van der Waals surface area contributed by atoms with E-state index < -0.39 is 0 Å². The molecule has 15 heavy (non-hydrogen) atoms. The molecule has 0 fully saturated rings. The number of aliphatic hydroxyl groups excluding tert-OH is 1. The summed E-state index contributed by atoms with van der Waals surface area (Å²) in [5.74, 6) is 0.788. The molecule has 1 heterocycles.